The van der Waals surface area contributed by atoms with Gasteiger partial charge in [-0.2, -0.15) is 0 Å². The van der Waals surface area contributed by atoms with Gasteiger partial charge < -0.3 is 4.74 Å². The SMILES string of the molecule is O=C(Cc1cccc(Cl)c1)c1ccc(OC2CC2)cc1. The average molecular weight is 287 g/mol. The van der Waals surface area contributed by atoms with E-state index >= 15 is 0 Å². The number of ketones is 1. The smallest absolute Gasteiger partial charge is 0.167 e. The van der Waals surface area contributed by atoms with E-state index in [9.17, 15) is 4.79 Å². The Bertz CT molecular complexity index is 615. The minimum Gasteiger partial charge on any atom is -0.490 e. The van der Waals surface area contributed by atoms with Crippen molar-refractivity contribution in [3.8, 4) is 5.75 Å². The molecule has 3 heteroatoms. The number of carbonyl (C=O) groups is 1. The van der Waals surface area contributed by atoms with E-state index in [-0.39, 0.29) is 5.78 Å². The summed E-state index contributed by atoms with van der Waals surface area (Å²) in [7, 11) is 0. The van der Waals surface area contributed by atoms with Crippen molar-refractivity contribution >= 4 is 17.4 Å². The van der Waals surface area contributed by atoms with Crippen LogP contribution in [0, 0.1) is 0 Å². The van der Waals surface area contributed by atoms with E-state index in [1.54, 1.807) is 6.07 Å². The molecule has 0 amide bonds. The van der Waals surface area contributed by atoms with Gasteiger partial charge in [0.2, 0.25) is 0 Å². The van der Waals surface area contributed by atoms with E-state index in [4.69, 9.17) is 16.3 Å². The van der Waals surface area contributed by atoms with Gasteiger partial charge in [-0.1, -0.05) is 23.7 Å². The summed E-state index contributed by atoms with van der Waals surface area (Å²) in [6.07, 6.45) is 3.01. The maximum absolute atomic E-state index is 12.2. The molecule has 3 rings (SSSR count). The standard InChI is InChI=1S/C17H15ClO2/c18-14-3-1-2-12(10-14)11-17(19)13-4-6-15(7-5-13)20-16-8-9-16/h1-7,10,16H,8-9,11H2. The summed E-state index contributed by atoms with van der Waals surface area (Å²) in [5, 5.41) is 0.656. The Morgan fingerprint density at radius 3 is 2.55 bits per heavy atom. The van der Waals surface area contributed by atoms with Crippen LogP contribution in [0.1, 0.15) is 28.8 Å². The van der Waals surface area contributed by atoms with E-state index in [1.807, 2.05) is 42.5 Å². The van der Waals surface area contributed by atoms with Crippen molar-refractivity contribution in [3.05, 3.63) is 64.7 Å². The van der Waals surface area contributed by atoms with Crippen LogP contribution in [-0.4, -0.2) is 11.9 Å². The van der Waals surface area contributed by atoms with E-state index in [2.05, 4.69) is 0 Å². The van der Waals surface area contributed by atoms with Gasteiger partial charge in [0.05, 0.1) is 6.10 Å². The Balaban J connectivity index is 1.66. The van der Waals surface area contributed by atoms with Crippen molar-refractivity contribution < 1.29 is 9.53 Å². The predicted molar refractivity (Wildman–Crippen MR) is 79.6 cm³/mol. The number of halogens is 1. The molecule has 1 aliphatic rings. The van der Waals surface area contributed by atoms with Crippen molar-refractivity contribution in [3.63, 3.8) is 0 Å². The van der Waals surface area contributed by atoms with Crippen LogP contribution < -0.4 is 4.74 Å². The second kappa shape index (κ2) is 5.68. The van der Waals surface area contributed by atoms with Crippen LogP contribution in [-0.2, 0) is 6.42 Å². The molecular formula is C17H15ClO2. The summed E-state index contributed by atoms with van der Waals surface area (Å²) < 4.78 is 5.67. The van der Waals surface area contributed by atoms with Gasteiger partial charge in [0.25, 0.3) is 0 Å². The maximum Gasteiger partial charge on any atom is 0.167 e. The highest BCUT2D eigenvalue weighted by molar-refractivity contribution is 6.30. The molecule has 0 bridgehead atoms. The lowest BCUT2D eigenvalue weighted by atomic mass is 10.0. The Hall–Kier alpha value is -1.80. The monoisotopic (exact) mass is 286 g/mol. The van der Waals surface area contributed by atoms with Gasteiger partial charge in [0.15, 0.2) is 5.78 Å². The molecule has 1 saturated carbocycles. The molecule has 0 N–H and O–H groups in total. The third kappa shape index (κ3) is 3.40. The zero-order valence-electron chi connectivity index (χ0n) is 11.0. The zero-order valence-corrected chi connectivity index (χ0v) is 11.8. The Morgan fingerprint density at radius 2 is 1.90 bits per heavy atom. The first-order chi connectivity index (χ1) is 9.70. The maximum atomic E-state index is 12.2. The van der Waals surface area contributed by atoms with E-state index < -0.39 is 0 Å². The Morgan fingerprint density at radius 1 is 1.15 bits per heavy atom. The van der Waals surface area contributed by atoms with Crippen molar-refractivity contribution in [2.45, 2.75) is 25.4 Å². The highest BCUT2D eigenvalue weighted by atomic mass is 35.5. The molecule has 0 aromatic heterocycles. The number of rotatable bonds is 5. The van der Waals surface area contributed by atoms with Crippen molar-refractivity contribution in [1.29, 1.82) is 0 Å². The normalized spacial score (nSPS) is 14.1. The summed E-state index contributed by atoms with van der Waals surface area (Å²) in [6.45, 7) is 0. The first kappa shape index (κ1) is 13.2. The van der Waals surface area contributed by atoms with Crippen LogP contribution in [0.4, 0.5) is 0 Å². The largest absolute Gasteiger partial charge is 0.490 e. The molecule has 102 valence electrons. The molecule has 2 aromatic carbocycles. The first-order valence-electron chi connectivity index (χ1n) is 6.75. The van der Waals surface area contributed by atoms with Crippen LogP contribution in [0.25, 0.3) is 0 Å². The fourth-order valence-electron chi connectivity index (χ4n) is 2.03. The summed E-state index contributed by atoms with van der Waals surface area (Å²) in [4.78, 5) is 12.2. The third-order valence-electron chi connectivity index (χ3n) is 3.26. The molecule has 2 aromatic rings. The van der Waals surface area contributed by atoms with E-state index in [1.165, 1.54) is 0 Å². The number of benzene rings is 2. The molecule has 0 atom stereocenters. The highest BCUT2D eigenvalue weighted by Crippen LogP contribution is 2.26. The van der Waals surface area contributed by atoms with E-state index in [0.717, 1.165) is 24.2 Å². The van der Waals surface area contributed by atoms with Gasteiger partial charge >= 0.3 is 0 Å². The lowest BCUT2D eigenvalue weighted by Gasteiger charge is -2.06. The van der Waals surface area contributed by atoms with Crippen LogP contribution in [0.5, 0.6) is 5.75 Å². The molecule has 1 fully saturated rings. The number of hydrogen-bond acceptors (Lipinski definition) is 2. The van der Waals surface area contributed by atoms with Gasteiger partial charge in [0.1, 0.15) is 5.75 Å². The molecule has 0 heterocycles. The van der Waals surface area contributed by atoms with Crippen LogP contribution in [0.3, 0.4) is 0 Å². The molecular weight excluding hydrogens is 272 g/mol. The first-order valence-corrected chi connectivity index (χ1v) is 7.13. The molecule has 0 unspecified atom stereocenters. The topological polar surface area (TPSA) is 26.3 Å². The minimum absolute atomic E-state index is 0.0882. The lowest BCUT2D eigenvalue weighted by Crippen LogP contribution is -2.04. The second-order valence-corrected chi connectivity index (χ2v) is 5.51. The molecule has 1 aliphatic carbocycles. The van der Waals surface area contributed by atoms with Gasteiger partial charge in [-0.25, -0.2) is 0 Å². The van der Waals surface area contributed by atoms with Crippen LogP contribution in [0.15, 0.2) is 48.5 Å². The molecule has 20 heavy (non-hydrogen) atoms. The fourth-order valence-corrected chi connectivity index (χ4v) is 2.25. The van der Waals surface area contributed by atoms with E-state index in [0.29, 0.717) is 23.1 Å². The molecule has 0 spiro atoms. The van der Waals surface area contributed by atoms with Gasteiger partial charge in [-0.05, 0) is 54.8 Å². The van der Waals surface area contributed by atoms with Crippen LogP contribution >= 0.6 is 11.6 Å². The Labute approximate surface area is 123 Å². The molecule has 2 nitrogen and oxygen atoms in total. The van der Waals surface area contributed by atoms with Crippen molar-refractivity contribution in [2.75, 3.05) is 0 Å². The fraction of sp³-hybridized carbons (Fsp3) is 0.235. The van der Waals surface area contributed by atoms with Gasteiger partial charge in [0, 0.05) is 17.0 Å². The van der Waals surface area contributed by atoms with Gasteiger partial charge in [-0.15, -0.1) is 0 Å². The summed E-state index contributed by atoms with van der Waals surface area (Å²) >= 11 is 5.92. The van der Waals surface area contributed by atoms with Crippen molar-refractivity contribution in [2.24, 2.45) is 0 Å². The quantitative estimate of drug-likeness (QED) is 0.766. The Kier molecular flexibility index (Phi) is 3.75. The number of Topliss-reactive ketones (excluding diaryl/α,β-unsaturated/α-hetero) is 1. The predicted octanol–water partition coefficient (Wildman–Crippen LogP) is 4.31. The minimum atomic E-state index is 0.0882. The molecule has 0 radical (unpaired) electrons. The molecule has 0 saturated heterocycles. The number of ether oxygens (including phenoxy) is 1. The van der Waals surface area contributed by atoms with Crippen LogP contribution in [0.2, 0.25) is 5.02 Å². The lowest BCUT2D eigenvalue weighted by molar-refractivity contribution is 0.0993. The molecule has 0 aliphatic heterocycles. The van der Waals surface area contributed by atoms with Crippen molar-refractivity contribution in [1.82, 2.24) is 0 Å². The third-order valence-corrected chi connectivity index (χ3v) is 3.49. The second-order valence-electron chi connectivity index (χ2n) is 5.07. The summed E-state index contributed by atoms with van der Waals surface area (Å²) in [5.74, 6) is 0.928. The summed E-state index contributed by atoms with van der Waals surface area (Å²) in [5.41, 5.74) is 1.63. The zero-order chi connectivity index (χ0) is 13.9. The average Bonchev–Trinajstić information content (AvgIpc) is 3.23. The highest BCUT2D eigenvalue weighted by Gasteiger charge is 2.23. The number of carbonyl (C=O) groups excluding carboxylic acids is 1. The van der Waals surface area contributed by atoms with Gasteiger partial charge in [-0.3, -0.25) is 4.79 Å². The summed E-state index contributed by atoms with van der Waals surface area (Å²) in [6, 6.07) is 14.8. The number of hydrogen-bond donors (Lipinski definition) is 0.